The number of carbonyl (C=O) groups excluding carboxylic acids is 3. The predicted molar refractivity (Wildman–Crippen MR) is 174 cm³/mol. The first-order chi connectivity index (χ1) is 21.3. The van der Waals surface area contributed by atoms with Crippen LogP contribution in [0.25, 0.3) is 0 Å². The first kappa shape index (κ1) is 32.4. The minimum absolute atomic E-state index is 0.0513. The Hall–Kier alpha value is -2.98. The fourth-order valence-corrected chi connectivity index (χ4v) is 8.34. The summed E-state index contributed by atoms with van der Waals surface area (Å²) in [6, 6.07) is 15.8. The van der Waals surface area contributed by atoms with Crippen LogP contribution in [0.15, 0.2) is 79.9 Å². The third kappa shape index (κ3) is 5.87. The molecule has 3 aliphatic heterocycles. The van der Waals surface area contributed by atoms with E-state index in [0.29, 0.717) is 56.0 Å². The molecule has 0 aliphatic carbocycles. The van der Waals surface area contributed by atoms with E-state index in [1.165, 1.54) is 0 Å². The standard InChI is InChI=1S/C34H39BrClN3O5/c1-3-17-37(22-23-13-7-5-8-14-23)31(41)27-28-32(42)39(19-11-6-12-20-40)30(34(28)21-24(35)29(27)44-34)33(43)38(18-4-2)26-16-10-9-15-25(26)36/h3-5,7-10,13-16,24,27-30,40H,1-2,6,11-12,17-22H2/t24?,27-,28-,29-,30?,34?/m0/s1. The highest BCUT2D eigenvalue weighted by Crippen LogP contribution is 2.60. The molecule has 234 valence electrons. The average molecular weight is 685 g/mol. The minimum Gasteiger partial charge on any atom is -0.396 e. The molecule has 3 saturated heterocycles. The topological polar surface area (TPSA) is 90.4 Å². The number of ether oxygens (including phenoxy) is 1. The van der Waals surface area contributed by atoms with Crippen molar-refractivity contribution in [3.63, 3.8) is 0 Å². The van der Waals surface area contributed by atoms with E-state index in [2.05, 4.69) is 29.1 Å². The van der Waals surface area contributed by atoms with Crippen molar-refractivity contribution in [2.45, 2.75) is 54.8 Å². The second-order valence-corrected chi connectivity index (χ2v) is 13.2. The van der Waals surface area contributed by atoms with Crippen molar-refractivity contribution >= 4 is 50.9 Å². The number of aliphatic hydroxyl groups is 1. The van der Waals surface area contributed by atoms with Crippen molar-refractivity contribution < 1.29 is 24.2 Å². The van der Waals surface area contributed by atoms with E-state index in [1.807, 2.05) is 30.3 Å². The van der Waals surface area contributed by atoms with Gasteiger partial charge in [0.15, 0.2) is 0 Å². The summed E-state index contributed by atoms with van der Waals surface area (Å²) in [5.41, 5.74) is 0.285. The van der Waals surface area contributed by atoms with E-state index < -0.39 is 29.6 Å². The minimum atomic E-state index is -1.20. The van der Waals surface area contributed by atoms with Gasteiger partial charge in [0.1, 0.15) is 11.6 Å². The number of alkyl halides is 1. The zero-order chi connectivity index (χ0) is 31.4. The average Bonchev–Trinajstić information content (AvgIpc) is 3.61. The quantitative estimate of drug-likeness (QED) is 0.172. The number of aliphatic hydroxyl groups excluding tert-OH is 1. The lowest BCUT2D eigenvalue weighted by molar-refractivity contribution is -0.145. The molecule has 0 saturated carbocycles. The lowest BCUT2D eigenvalue weighted by atomic mass is 9.70. The molecule has 0 aromatic heterocycles. The monoisotopic (exact) mass is 683 g/mol. The molecule has 0 radical (unpaired) electrons. The Morgan fingerprint density at radius 1 is 1.05 bits per heavy atom. The molecule has 1 spiro atoms. The highest BCUT2D eigenvalue weighted by atomic mass is 79.9. The summed E-state index contributed by atoms with van der Waals surface area (Å²) in [6.07, 6.45) is 5.03. The number of rotatable bonds is 14. The fourth-order valence-electron chi connectivity index (χ4n) is 7.16. The Morgan fingerprint density at radius 2 is 1.75 bits per heavy atom. The molecular formula is C34H39BrClN3O5. The molecule has 3 amide bonds. The van der Waals surface area contributed by atoms with E-state index in [0.717, 1.165) is 5.56 Å². The largest absolute Gasteiger partial charge is 0.396 e. The summed E-state index contributed by atoms with van der Waals surface area (Å²) in [5.74, 6) is -2.35. The maximum Gasteiger partial charge on any atom is 0.253 e. The van der Waals surface area contributed by atoms with Gasteiger partial charge in [-0.05, 0) is 43.4 Å². The maximum absolute atomic E-state index is 14.7. The zero-order valence-electron chi connectivity index (χ0n) is 24.7. The van der Waals surface area contributed by atoms with Crippen molar-refractivity contribution in [3.05, 3.63) is 90.5 Å². The summed E-state index contributed by atoms with van der Waals surface area (Å²) < 4.78 is 6.74. The molecule has 2 aromatic rings. The Morgan fingerprint density at radius 3 is 2.43 bits per heavy atom. The normalized spacial score (nSPS) is 26.8. The highest BCUT2D eigenvalue weighted by Gasteiger charge is 2.76. The molecule has 6 atom stereocenters. The Balaban J connectivity index is 1.54. The number of hydrogen-bond acceptors (Lipinski definition) is 5. The van der Waals surface area contributed by atoms with E-state index >= 15 is 0 Å². The summed E-state index contributed by atoms with van der Waals surface area (Å²) in [7, 11) is 0. The third-order valence-corrected chi connectivity index (χ3v) is 10.1. The van der Waals surface area contributed by atoms with Crippen LogP contribution < -0.4 is 4.90 Å². The Bertz CT molecular complexity index is 1390. The second-order valence-electron chi connectivity index (χ2n) is 11.7. The molecule has 3 unspecified atom stereocenters. The summed E-state index contributed by atoms with van der Waals surface area (Å²) >= 11 is 10.3. The lowest BCUT2D eigenvalue weighted by Crippen LogP contribution is -2.57. The van der Waals surface area contributed by atoms with Gasteiger partial charge in [0.25, 0.3) is 5.91 Å². The van der Waals surface area contributed by atoms with Crippen LogP contribution in [0.4, 0.5) is 5.69 Å². The van der Waals surface area contributed by atoms with Gasteiger partial charge in [-0.2, -0.15) is 0 Å². The van der Waals surface area contributed by atoms with Gasteiger partial charge in [0, 0.05) is 37.6 Å². The van der Waals surface area contributed by atoms with Crippen LogP contribution in [0.2, 0.25) is 5.02 Å². The van der Waals surface area contributed by atoms with Crippen molar-refractivity contribution in [1.29, 1.82) is 0 Å². The van der Waals surface area contributed by atoms with Crippen molar-refractivity contribution in [3.8, 4) is 0 Å². The Labute approximate surface area is 272 Å². The van der Waals surface area contributed by atoms with Crippen LogP contribution in [-0.2, 0) is 25.7 Å². The fraction of sp³-hybridized carbons (Fsp3) is 0.441. The second kappa shape index (κ2) is 14.0. The lowest BCUT2D eigenvalue weighted by Gasteiger charge is -2.37. The molecule has 1 N–H and O–H groups in total. The number of carbonyl (C=O) groups is 3. The highest BCUT2D eigenvalue weighted by molar-refractivity contribution is 9.09. The van der Waals surface area contributed by atoms with Gasteiger partial charge in [0.2, 0.25) is 11.8 Å². The molecule has 2 aromatic carbocycles. The van der Waals surface area contributed by atoms with Gasteiger partial charge in [-0.1, -0.05) is 82.1 Å². The molecule has 5 rings (SSSR count). The van der Waals surface area contributed by atoms with Crippen LogP contribution in [0.1, 0.15) is 31.2 Å². The van der Waals surface area contributed by atoms with Gasteiger partial charge in [0.05, 0.1) is 28.6 Å². The number of para-hydroxylation sites is 1. The molecule has 3 aliphatic rings. The van der Waals surface area contributed by atoms with Gasteiger partial charge in [-0.15, -0.1) is 13.2 Å². The predicted octanol–water partition coefficient (Wildman–Crippen LogP) is 4.98. The molecule has 10 heteroatoms. The van der Waals surface area contributed by atoms with Gasteiger partial charge in [-0.25, -0.2) is 0 Å². The van der Waals surface area contributed by atoms with Crippen LogP contribution in [0, 0.1) is 11.8 Å². The number of nitrogens with zero attached hydrogens (tertiary/aromatic N) is 3. The van der Waals surface area contributed by atoms with Crippen molar-refractivity contribution in [2.24, 2.45) is 11.8 Å². The first-order valence-electron chi connectivity index (χ1n) is 15.1. The molecule has 2 bridgehead atoms. The van der Waals surface area contributed by atoms with Crippen molar-refractivity contribution in [1.82, 2.24) is 9.80 Å². The van der Waals surface area contributed by atoms with Crippen LogP contribution >= 0.6 is 27.5 Å². The SMILES string of the molecule is C=CCN(Cc1ccccc1)C(=O)[C@H]1[C@H]2C(=O)N(CCCCCO)C(C(=O)N(CC=C)c3ccccc3Cl)C23CC(Br)[C@@H]1O3. The molecule has 3 fully saturated rings. The third-order valence-electron chi connectivity index (χ3n) is 8.96. The van der Waals surface area contributed by atoms with Crippen molar-refractivity contribution in [2.75, 3.05) is 31.1 Å². The van der Waals surface area contributed by atoms with Crippen LogP contribution in [-0.4, -0.2) is 81.4 Å². The summed E-state index contributed by atoms with van der Waals surface area (Å²) in [5, 5.41) is 9.74. The number of amides is 3. The number of benzene rings is 2. The van der Waals surface area contributed by atoms with Gasteiger partial charge >= 0.3 is 0 Å². The van der Waals surface area contributed by atoms with E-state index in [4.69, 9.17) is 16.3 Å². The van der Waals surface area contributed by atoms with E-state index in [-0.39, 0.29) is 35.7 Å². The van der Waals surface area contributed by atoms with E-state index in [1.54, 1.807) is 51.1 Å². The number of hydrogen-bond donors (Lipinski definition) is 1. The van der Waals surface area contributed by atoms with E-state index in [9.17, 15) is 19.5 Å². The Kier molecular flexibility index (Phi) is 10.3. The van der Waals surface area contributed by atoms with Gasteiger partial charge < -0.3 is 24.5 Å². The smallest absolute Gasteiger partial charge is 0.253 e. The number of likely N-dealkylation sites (tertiary alicyclic amines) is 1. The molecule has 8 nitrogen and oxygen atoms in total. The van der Waals surface area contributed by atoms with Crippen LogP contribution in [0.5, 0.6) is 0 Å². The van der Waals surface area contributed by atoms with Crippen LogP contribution in [0.3, 0.4) is 0 Å². The molecule has 44 heavy (non-hydrogen) atoms. The molecular weight excluding hydrogens is 646 g/mol. The summed E-state index contributed by atoms with van der Waals surface area (Å²) in [4.78, 5) is 48.2. The number of unbranched alkanes of at least 4 members (excludes halogenated alkanes) is 2. The van der Waals surface area contributed by atoms with Gasteiger partial charge in [-0.3, -0.25) is 14.4 Å². The number of anilines is 1. The summed E-state index contributed by atoms with van der Waals surface area (Å²) in [6.45, 7) is 8.94. The molecule has 3 heterocycles. The maximum atomic E-state index is 14.7. The zero-order valence-corrected chi connectivity index (χ0v) is 27.0. The first-order valence-corrected chi connectivity index (χ1v) is 16.4. The number of fused-ring (bicyclic) bond motifs is 1. The number of halogens is 2.